The average molecular weight is 466 g/mol. The van der Waals surface area contributed by atoms with E-state index in [2.05, 4.69) is 13.8 Å². The van der Waals surface area contributed by atoms with E-state index in [4.69, 9.17) is 4.74 Å². The van der Waals surface area contributed by atoms with Gasteiger partial charge in [0.25, 0.3) is 0 Å². The number of hydrogen-bond donors (Lipinski definition) is 0. The van der Waals surface area contributed by atoms with Crippen LogP contribution in [-0.4, -0.2) is 18.4 Å². The van der Waals surface area contributed by atoms with Gasteiger partial charge in [0.2, 0.25) is 6.29 Å². The van der Waals surface area contributed by atoms with Gasteiger partial charge in [0.1, 0.15) is 0 Å². The highest BCUT2D eigenvalue weighted by molar-refractivity contribution is 5.72. The lowest BCUT2D eigenvalue weighted by atomic mass is 10.0. The maximum Gasteiger partial charge on any atom is 0.306 e. The van der Waals surface area contributed by atoms with Crippen LogP contribution in [0.4, 0.5) is 0 Å². The third-order valence-electron chi connectivity index (χ3n) is 6.71. The molecule has 0 N–H and O–H groups in total. The first-order valence-corrected chi connectivity index (χ1v) is 14.8. The number of rotatable bonds is 27. The summed E-state index contributed by atoms with van der Waals surface area (Å²) in [7, 11) is 0. The average Bonchev–Trinajstić information content (AvgIpc) is 2.82. The summed E-state index contributed by atoms with van der Waals surface area (Å²) in [4.78, 5) is 23.1. The highest BCUT2D eigenvalue weighted by Gasteiger charge is 2.14. The molecule has 0 aliphatic heterocycles. The summed E-state index contributed by atoms with van der Waals surface area (Å²) in [6, 6.07) is 0. The second-order valence-corrected chi connectivity index (χ2v) is 10.1. The zero-order valence-electron chi connectivity index (χ0n) is 22.5. The first-order valence-electron chi connectivity index (χ1n) is 14.8. The SMILES string of the molecule is CCCCCCCCCCCCCCCC(=O)OC([C]=O)CCCCCCCCCCCC. The van der Waals surface area contributed by atoms with E-state index in [1.165, 1.54) is 122 Å². The first kappa shape index (κ1) is 32.1. The van der Waals surface area contributed by atoms with Crippen LogP contribution in [0.25, 0.3) is 0 Å². The molecule has 0 aromatic heterocycles. The molecule has 0 aliphatic carbocycles. The molecule has 0 rings (SSSR count). The van der Waals surface area contributed by atoms with Crippen molar-refractivity contribution in [1.29, 1.82) is 0 Å². The molecule has 3 nitrogen and oxygen atoms in total. The predicted octanol–water partition coefficient (Wildman–Crippen LogP) is 9.80. The fourth-order valence-electron chi connectivity index (χ4n) is 4.46. The van der Waals surface area contributed by atoms with E-state index >= 15 is 0 Å². The Kier molecular flexibility index (Phi) is 26.7. The van der Waals surface area contributed by atoms with Crippen molar-refractivity contribution in [3.8, 4) is 0 Å². The van der Waals surface area contributed by atoms with E-state index in [0.29, 0.717) is 12.8 Å². The molecule has 0 aromatic rings. The second-order valence-electron chi connectivity index (χ2n) is 10.1. The minimum Gasteiger partial charge on any atom is -0.454 e. The van der Waals surface area contributed by atoms with Crippen LogP contribution >= 0.6 is 0 Å². The van der Waals surface area contributed by atoms with Crippen LogP contribution < -0.4 is 0 Å². The standard InChI is InChI=1S/C30H57O3/c1-3-5-7-9-11-13-15-16-17-19-21-23-25-27-30(32)33-29(28-31)26-24-22-20-18-14-12-10-8-6-4-2/h29H,3-27H2,1-2H3. The van der Waals surface area contributed by atoms with Gasteiger partial charge >= 0.3 is 5.97 Å². The quantitative estimate of drug-likeness (QED) is 0.0895. The molecule has 1 atom stereocenters. The fourth-order valence-corrected chi connectivity index (χ4v) is 4.46. The van der Waals surface area contributed by atoms with Gasteiger partial charge in [0, 0.05) is 6.42 Å². The lowest BCUT2D eigenvalue weighted by molar-refractivity contribution is -0.146. The largest absolute Gasteiger partial charge is 0.454 e. The normalized spacial score (nSPS) is 12.1. The van der Waals surface area contributed by atoms with Gasteiger partial charge < -0.3 is 4.74 Å². The highest BCUT2D eigenvalue weighted by Crippen LogP contribution is 2.15. The van der Waals surface area contributed by atoms with Crippen molar-refractivity contribution < 1.29 is 14.3 Å². The predicted molar refractivity (Wildman–Crippen MR) is 142 cm³/mol. The maximum absolute atomic E-state index is 12.0. The van der Waals surface area contributed by atoms with Crippen molar-refractivity contribution in [1.82, 2.24) is 0 Å². The number of unbranched alkanes of at least 4 members (excludes halogenated alkanes) is 21. The smallest absolute Gasteiger partial charge is 0.306 e. The molecular weight excluding hydrogens is 408 g/mol. The van der Waals surface area contributed by atoms with Crippen LogP contribution in [0.15, 0.2) is 0 Å². The number of carbonyl (C=O) groups is 1. The number of carbonyl (C=O) groups excluding carboxylic acids is 2. The van der Waals surface area contributed by atoms with E-state index in [9.17, 15) is 9.59 Å². The van der Waals surface area contributed by atoms with E-state index in [-0.39, 0.29) is 5.97 Å². The molecule has 0 aliphatic rings. The Morgan fingerprint density at radius 2 is 0.879 bits per heavy atom. The molecule has 0 saturated heterocycles. The lowest BCUT2D eigenvalue weighted by Crippen LogP contribution is -2.19. The van der Waals surface area contributed by atoms with Gasteiger partial charge in [-0.25, -0.2) is 0 Å². The van der Waals surface area contributed by atoms with Crippen LogP contribution in [0.3, 0.4) is 0 Å². The Bertz CT molecular complexity index is 407. The summed E-state index contributed by atoms with van der Waals surface area (Å²) < 4.78 is 5.33. The van der Waals surface area contributed by atoms with Crippen molar-refractivity contribution in [3.05, 3.63) is 0 Å². The van der Waals surface area contributed by atoms with Crippen molar-refractivity contribution in [3.63, 3.8) is 0 Å². The van der Waals surface area contributed by atoms with E-state index in [0.717, 1.165) is 25.7 Å². The molecule has 0 heterocycles. The van der Waals surface area contributed by atoms with Gasteiger partial charge in [0.05, 0.1) is 0 Å². The fraction of sp³-hybridized carbons (Fsp3) is 0.933. The van der Waals surface area contributed by atoms with Crippen molar-refractivity contribution in [2.75, 3.05) is 0 Å². The summed E-state index contributed by atoms with van der Waals surface area (Å²) in [5, 5.41) is 0. The summed E-state index contributed by atoms with van der Waals surface area (Å²) in [6.07, 6.45) is 31.8. The third kappa shape index (κ3) is 25.6. The van der Waals surface area contributed by atoms with Crippen LogP contribution in [-0.2, 0) is 14.3 Å². The maximum atomic E-state index is 12.0. The van der Waals surface area contributed by atoms with Crippen LogP contribution in [0, 0.1) is 0 Å². The Labute approximate surface area is 207 Å². The molecule has 0 spiro atoms. The van der Waals surface area contributed by atoms with E-state index in [1.807, 2.05) is 6.29 Å². The topological polar surface area (TPSA) is 43.4 Å². The number of hydrogen-bond acceptors (Lipinski definition) is 3. The van der Waals surface area contributed by atoms with Crippen molar-refractivity contribution in [2.24, 2.45) is 0 Å². The first-order chi connectivity index (χ1) is 16.2. The Morgan fingerprint density at radius 3 is 1.24 bits per heavy atom. The molecular formula is C30H57O3. The van der Waals surface area contributed by atoms with Gasteiger partial charge in [-0.3, -0.25) is 9.59 Å². The molecule has 0 fully saturated rings. The summed E-state index contributed by atoms with van der Waals surface area (Å²) in [5.41, 5.74) is 0. The molecule has 1 unspecified atom stereocenters. The second kappa shape index (κ2) is 27.4. The molecule has 1 radical (unpaired) electrons. The molecule has 195 valence electrons. The van der Waals surface area contributed by atoms with Crippen LogP contribution in [0.1, 0.15) is 174 Å². The van der Waals surface area contributed by atoms with Gasteiger partial charge in [-0.2, -0.15) is 0 Å². The molecule has 0 aromatic carbocycles. The van der Waals surface area contributed by atoms with Gasteiger partial charge in [-0.05, 0) is 19.3 Å². The van der Waals surface area contributed by atoms with Gasteiger partial charge in [-0.15, -0.1) is 0 Å². The lowest BCUT2D eigenvalue weighted by Gasteiger charge is -2.11. The Morgan fingerprint density at radius 1 is 0.545 bits per heavy atom. The van der Waals surface area contributed by atoms with E-state index < -0.39 is 6.10 Å². The minimum atomic E-state index is -0.659. The monoisotopic (exact) mass is 465 g/mol. The Hall–Kier alpha value is -0.860. The van der Waals surface area contributed by atoms with Crippen LogP contribution in [0.5, 0.6) is 0 Å². The van der Waals surface area contributed by atoms with Crippen LogP contribution in [0.2, 0.25) is 0 Å². The third-order valence-corrected chi connectivity index (χ3v) is 6.71. The van der Waals surface area contributed by atoms with Gasteiger partial charge in [-0.1, -0.05) is 149 Å². The molecule has 0 bridgehead atoms. The molecule has 3 heteroatoms. The molecule has 0 amide bonds. The minimum absolute atomic E-state index is 0.224. The summed E-state index contributed by atoms with van der Waals surface area (Å²) in [6.45, 7) is 4.52. The van der Waals surface area contributed by atoms with E-state index in [1.54, 1.807) is 0 Å². The molecule has 33 heavy (non-hydrogen) atoms. The van der Waals surface area contributed by atoms with Crippen molar-refractivity contribution >= 4 is 12.3 Å². The zero-order chi connectivity index (χ0) is 24.2. The summed E-state index contributed by atoms with van der Waals surface area (Å²) in [5.74, 6) is -0.224. The zero-order valence-corrected chi connectivity index (χ0v) is 22.5. The number of ether oxygens (including phenoxy) is 1. The van der Waals surface area contributed by atoms with Gasteiger partial charge in [0.15, 0.2) is 6.10 Å². The summed E-state index contributed by atoms with van der Waals surface area (Å²) >= 11 is 0. The highest BCUT2D eigenvalue weighted by atomic mass is 16.5. The Balaban J connectivity index is 3.43. The van der Waals surface area contributed by atoms with Crippen molar-refractivity contribution in [2.45, 2.75) is 180 Å². The molecule has 0 saturated carbocycles. The number of esters is 1.